The van der Waals surface area contributed by atoms with Crippen molar-refractivity contribution < 1.29 is 19.1 Å². The van der Waals surface area contributed by atoms with Crippen LogP contribution in [0.25, 0.3) is 0 Å². The number of rotatable bonds is 6. The molecule has 5 heteroatoms. The molecule has 0 aliphatic rings. The fraction of sp³-hybridized carbons (Fsp3) is 0.467. The fourth-order valence-corrected chi connectivity index (χ4v) is 2.26. The number of hydrogen-bond donors (Lipinski definition) is 0. The van der Waals surface area contributed by atoms with Crippen LogP contribution in [0, 0.1) is 6.92 Å². The van der Waals surface area contributed by atoms with Crippen molar-refractivity contribution in [2.24, 2.45) is 0 Å². The van der Waals surface area contributed by atoms with Crippen LogP contribution in [0.2, 0.25) is 0 Å². The molecule has 0 bridgehead atoms. The highest BCUT2D eigenvalue weighted by molar-refractivity contribution is 9.10. The molecule has 0 N–H and O–H groups in total. The van der Waals surface area contributed by atoms with Crippen molar-refractivity contribution in [1.29, 1.82) is 0 Å². The molecule has 0 saturated heterocycles. The van der Waals surface area contributed by atoms with Crippen molar-refractivity contribution in [1.82, 2.24) is 0 Å². The lowest BCUT2D eigenvalue weighted by atomic mass is 9.98. The van der Waals surface area contributed by atoms with Crippen molar-refractivity contribution in [2.45, 2.75) is 31.5 Å². The molecule has 20 heavy (non-hydrogen) atoms. The maximum Gasteiger partial charge on any atom is 0.334 e. The van der Waals surface area contributed by atoms with Crippen LogP contribution in [-0.2, 0) is 25.5 Å². The topological polar surface area (TPSA) is 52.6 Å². The quantitative estimate of drug-likeness (QED) is 0.453. The van der Waals surface area contributed by atoms with E-state index in [9.17, 15) is 9.59 Å². The minimum atomic E-state index is -1.49. The average Bonchev–Trinajstić information content (AvgIpc) is 2.41. The van der Waals surface area contributed by atoms with Gasteiger partial charge >= 0.3 is 11.9 Å². The van der Waals surface area contributed by atoms with Gasteiger partial charge in [0.1, 0.15) is 0 Å². The van der Waals surface area contributed by atoms with Crippen LogP contribution < -0.4 is 0 Å². The Hall–Kier alpha value is -1.36. The van der Waals surface area contributed by atoms with E-state index in [0.717, 1.165) is 11.1 Å². The molecule has 0 amide bonds. The van der Waals surface area contributed by atoms with Crippen LogP contribution in [0.3, 0.4) is 0 Å². The summed E-state index contributed by atoms with van der Waals surface area (Å²) >= 11 is 3.22. The highest BCUT2D eigenvalue weighted by Gasteiger charge is 2.46. The maximum absolute atomic E-state index is 12.1. The normalized spacial score (nSPS) is 11.0. The second-order valence-corrected chi connectivity index (χ2v) is 5.76. The highest BCUT2D eigenvalue weighted by Crippen LogP contribution is 2.27. The molecule has 0 aliphatic heterocycles. The first-order chi connectivity index (χ1) is 9.43. The molecule has 0 aromatic heterocycles. The number of halogens is 1. The summed E-state index contributed by atoms with van der Waals surface area (Å²) in [5, 5.41) is 0. The molecule has 1 rings (SSSR count). The van der Waals surface area contributed by atoms with Crippen molar-refractivity contribution in [3.05, 3.63) is 35.4 Å². The van der Waals surface area contributed by atoms with Crippen LogP contribution in [0.4, 0.5) is 0 Å². The van der Waals surface area contributed by atoms with E-state index in [0.29, 0.717) is 0 Å². The van der Waals surface area contributed by atoms with Gasteiger partial charge in [-0.05, 0) is 26.3 Å². The molecule has 110 valence electrons. The monoisotopic (exact) mass is 342 g/mol. The van der Waals surface area contributed by atoms with Crippen LogP contribution in [0.15, 0.2) is 24.3 Å². The fourth-order valence-electron chi connectivity index (χ4n) is 1.71. The zero-order chi connectivity index (χ0) is 15.2. The second kappa shape index (κ2) is 7.43. The SMILES string of the molecule is CCOC(=O)C(Br)(Cc1ccc(C)cc1)C(=O)OCC. The standard InChI is InChI=1S/C15H19BrO4/c1-4-19-13(17)15(16,14(18)20-5-2)10-12-8-6-11(3)7-9-12/h6-9H,4-5,10H2,1-3H3. The molecule has 0 fully saturated rings. The molecule has 0 atom stereocenters. The Labute approximate surface area is 127 Å². The summed E-state index contributed by atoms with van der Waals surface area (Å²) in [6.45, 7) is 5.78. The molecule has 0 heterocycles. The second-order valence-electron chi connectivity index (χ2n) is 4.40. The average molecular weight is 343 g/mol. The Morgan fingerprint density at radius 1 is 1.05 bits per heavy atom. The van der Waals surface area contributed by atoms with Gasteiger partial charge in [0.05, 0.1) is 13.2 Å². The third kappa shape index (κ3) is 4.07. The number of esters is 2. The van der Waals surface area contributed by atoms with E-state index in [1.165, 1.54) is 0 Å². The van der Waals surface area contributed by atoms with Gasteiger partial charge in [0.25, 0.3) is 0 Å². The van der Waals surface area contributed by atoms with Gasteiger partial charge in [-0.1, -0.05) is 45.8 Å². The van der Waals surface area contributed by atoms with Gasteiger partial charge in [-0.15, -0.1) is 0 Å². The van der Waals surface area contributed by atoms with E-state index < -0.39 is 16.3 Å². The van der Waals surface area contributed by atoms with Gasteiger partial charge in [-0.25, -0.2) is 9.59 Å². The van der Waals surface area contributed by atoms with Crippen molar-refractivity contribution in [3.8, 4) is 0 Å². The van der Waals surface area contributed by atoms with Gasteiger partial charge in [0.15, 0.2) is 0 Å². The Bertz CT molecular complexity index is 449. The van der Waals surface area contributed by atoms with Crippen molar-refractivity contribution in [2.75, 3.05) is 13.2 Å². The molecule has 4 nitrogen and oxygen atoms in total. The third-order valence-corrected chi connectivity index (χ3v) is 3.69. The summed E-state index contributed by atoms with van der Waals surface area (Å²) in [5.74, 6) is -1.25. The molecule has 0 unspecified atom stereocenters. The molecule has 0 aliphatic carbocycles. The molecule has 1 aromatic rings. The molecule has 0 spiro atoms. The molecule has 0 saturated carbocycles. The Morgan fingerprint density at radius 3 is 1.90 bits per heavy atom. The van der Waals surface area contributed by atoms with Crippen molar-refractivity contribution >= 4 is 27.9 Å². The number of hydrogen-bond acceptors (Lipinski definition) is 4. The van der Waals surface area contributed by atoms with Gasteiger partial charge in [0.2, 0.25) is 4.32 Å². The smallest absolute Gasteiger partial charge is 0.334 e. The van der Waals surface area contributed by atoms with Gasteiger partial charge < -0.3 is 9.47 Å². The number of benzene rings is 1. The van der Waals surface area contributed by atoms with Gasteiger partial charge in [0, 0.05) is 6.42 Å². The zero-order valence-corrected chi connectivity index (χ0v) is 13.5. The van der Waals surface area contributed by atoms with Crippen molar-refractivity contribution in [3.63, 3.8) is 0 Å². The van der Waals surface area contributed by atoms with Crippen LogP contribution >= 0.6 is 15.9 Å². The summed E-state index contributed by atoms with van der Waals surface area (Å²) in [6, 6.07) is 7.62. The van der Waals surface area contributed by atoms with E-state index in [1.807, 2.05) is 31.2 Å². The first-order valence-corrected chi connectivity index (χ1v) is 7.32. The number of carbonyl (C=O) groups excluding carboxylic acids is 2. The van der Waals surface area contributed by atoms with Crippen LogP contribution in [-0.4, -0.2) is 29.5 Å². The lowest BCUT2D eigenvalue weighted by molar-refractivity contribution is -0.158. The third-order valence-electron chi connectivity index (χ3n) is 2.77. The number of carbonyl (C=O) groups is 2. The Kier molecular flexibility index (Phi) is 6.20. The molecular formula is C15H19BrO4. The molecular weight excluding hydrogens is 324 g/mol. The summed E-state index contributed by atoms with van der Waals surface area (Å²) in [4.78, 5) is 24.2. The zero-order valence-electron chi connectivity index (χ0n) is 11.9. The minimum absolute atomic E-state index is 0.185. The summed E-state index contributed by atoms with van der Waals surface area (Å²) in [5.41, 5.74) is 1.97. The number of aryl methyl sites for hydroxylation is 1. The van der Waals surface area contributed by atoms with Crippen LogP contribution in [0.5, 0.6) is 0 Å². The molecule has 0 radical (unpaired) electrons. The van der Waals surface area contributed by atoms with Gasteiger partial charge in [-0.2, -0.15) is 0 Å². The maximum atomic E-state index is 12.1. The Balaban J connectivity index is 3.00. The number of alkyl halides is 1. The van der Waals surface area contributed by atoms with E-state index in [1.54, 1.807) is 13.8 Å². The summed E-state index contributed by atoms with van der Waals surface area (Å²) < 4.78 is 8.48. The lowest BCUT2D eigenvalue weighted by Crippen LogP contribution is -2.45. The molecule has 1 aromatic carbocycles. The van der Waals surface area contributed by atoms with E-state index >= 15 is 0 Å². The number of ether oxygens (including phenoxy) is 2. The Morgan fingerprint density at radius 2 is 1.50 bits per heavy atom. The van der Waals surface area contributed by atoms with E-state index in [2.05, 4.69) is 15.9 Å². The lowest BCUT2D eigenvalue weighted by Gasteiger charge is -2.23. The first kappa shape index (κ1) is 16.7. The largest absolute Gasteiger partial charge is 0.464 e. The first-order valence-electron chi connectivity index (χ1n) is 6.53. The minimum Gasteiger partial charge on any atom is -0.464 e. The van der Waals surface area contributed by atoms with E-state index in [4.69, 9.17) is 9.47 Å². The predicted octanol–water partition coefficient (Wildman–Crippen LogP) is 2.80. The summed E-state index contributed by atoms with van der Waals surface area (Å²) in [6.07, 6.45) is 0.185. The van der Waals surface area contributed by atoms with Crippen LogP contribution in [0.1, 0.15) is 25.0 Å². The summed E-state index contributed by atoms with van der Waals surface area (Å²) in [7, 11) is 0. The highest BCUT2D eigenvalue weighted by atomic mass is 79.9. The predicted molar refractivity (Wildman–Crippen MR) is 79.8 cm³/mol. The van der Waals surface area contributed by atoms with Gasteiger partial charge in [-0.3, -0.25) is 0 Å². The van der Waals surface area contributed by atoms with E-state index in [-0.39, 0.29) is 19.6 Å².